The molecule has 0 spiro atoms. The maximum absolute atomic E-state index is 13.2. The van der Waals surface area contributed by atoms with E-state index in [-0.39, 0.29) is 28.7 Å². The lowest BCUT2D eigenvalue weighted by molar-refractivity contribution is -0.151. The summed E-state index contributed by atoms with van der Waals surface area (Å²) in [6.45, 7) is 17.7. The second kappa shape index (κ2) is 29.9. The molecule has 1 amide bonds. The molecule has 3 saturated carbocycles. The first-order chi connectivity index (χ1) is 31.3. The van der Waals surface area contributed by atoms with Crippen LogP contribution in [0.4, 0.5) is 4.79 Å². The highest BCUT2D eigenvalue weighted by atomic mass is 32.2. The van der Waals surface area contributed by atoms with E-state index >= 15 is 0 Å². The first-order valence-corrected chi connectivity index (χ1v) is 28.5. The summed E-state index contributed by atoms with van der Waals surface area (Å²) in [4.78, 5) is 42.6. The van der Waals surface area contributed by atoms with Crippen LogP contribution in [-0.2, 0) is 19.1 Å². The normalized spacial score (nSPS) is 26.7. The molecular formula is C57H100N2O5S. The fourth-order valence-corrected chi connectivity index (χ4v) is 14.0. The number of amides is 1. The number of carbonyl (C=O) groups excluding carboxylic acids is 3. The standard InChI is InChI=1S/C57H100N2O5S/c1-9-10-11-12-13-20-25-42-63-53(60)29-21-16-14-18-23-39-59(55(62)65-43-41-58(7)8)40-24-19-15-17-22-30-54(61)64-48-35-37-56(5)47(44-48)31-32-49-51-34-33-50(46(4)28-26-27-45(2)3)57(51,6)38-36-52(49)56/h20,25,31,45-46,48-52H,9-19,21-24,26-30,32-44H2,1-8H3/b25-20-/t46-,48+,49+,50-,51?,52?,56+,57-/m1/s1. The van der Waals surface area contributed by atoms with Gasteiger partial charge in [-0.15, -0.1) is 0 Å². The Balaban J connectivity index is 1.08. The van der Waals surface area contributed by atoms with Gasteiger partial charge in [-0.2, -0.15) is 0 Å². The van der Waals surface area contributed by atoms with Crippen LogP contribution in [-0.4, -0.2) is 79.2 Å². The molecule has 4 rings (SSSR count). The van der Waals surface area contributed by atoms with E-state index in [1.165, 1.54) is 95.2 Å². The number of thioether (sulfide) groups is 1. The molecule has 8 heteroatoms. The molecule has 0 radical (unpaired) electrons. The van der Waals surface area contributed by atoms with Crippen LogP contribution in [0, 0.1) is 46.3 Å². The van der Waals surface area contributed by atoms with E-state index in [2.05, 4.69) is 63.5 Å². The number of hydrogen-bond donors (Lipinski definition) is 0. The lowest BCUT2D eigenvalue weighted by atomic mass is 9.47. The average Bonchev–Trinajstić information content (AvgIpc) is 3.63. The summed E-state index contributed by atoms with van der Waals surface area (Å²) in [5.74, 6) is 5.76. The van der Waals surface area contributed by atoms with Gasteiger partial charge in [0.25, 0.3) is 5.24 Å². The number of fused-ring (bicyclic) bond motifs is 5. The Bertz CT molecular complexity index is 1450. The summed E-state index contributed by atoms with van der Waals surface area (Å²) in [5.41, 5.74) is 2.40. The summed E-state index contributed by atoms with van der Waals surface area (Å²) in [6.07, 6.45) is 38.1. The summed E-state index contributed by atoms with van der Waals surface area (Å²) in [5, 5.41) is 0.195. The minimum Gasteiger partial charge on any atom is -0.462 e. The maximum atomic E-state index is 13.2. The van der Waals surface area contributed by atoms with Crippen LogP contribution in [0.15, 0.2) is 23.8 Å². The predicted molar refractivity (Wildman–Crippen MR) is 275 cm³/mol. The zero-order chi connectivity index (χ0) is 47.1. The molecule has 3 fully saturated rings. The molecule has 0 N–H and O–H groups in total. The van der Waals surface area contributed by atoms with Gasteiger partial charge in [-0.05, 0) is 144 Å². The van der Waals surface area contributed by atoms with Gasteiger partial charge in [-0.3, -0.25) is 14.4 Å². The summed E-state index contributed by atoms with van der Waals surface area (Å²) < 4.78 is 11.6. The number of carbonyl (C=O) groups is 3. The molecule has 0 aromatic carbocycles. The number of esters is 2. The van der Waals surface area contributed by atoms with Crippen molar-refractivity contribution in [2.45, 2.75) is 227 Å². The largest absolute Gasteiger partial charge is 0.462 e. The Morgan fingerprint density at radius 3 is 2.12 bits per heavy atom. The third-order valence-corrected chi connectivity index (χ3v) is 17.8. The van der Waals surface area contributed by atoms with Crippen LogP contribution in [0.2, 0.25) is 0 Å². The molecule has 65 heavy (non-hydrogen) atoms. The molecule has 0 bridgehead atoms. The van der Waals surface area contributed by atoms with Crippen LogP contribution in [0.3, 0.4) is 0 Å². The first-order valence-electron chi connectivity index (χ1n) is 27.5. The van der Waals surface area contributed by atoms with E-state index in [4.69, 9.17) is 9.47 Å². The van der Waals surface area contributed by atoms with Gasteiger partial charge in [-0.1, -0.05) is 154 Å². The molecule has 0 aromatic heterocycles. The van der Waals surface area contributed by atoms with Gasteiger partial charge >= 0.3 is 11.9 Å². The quantitative estimate of drug-likeness (QED) is 0.0378. The molecule has 0 heterocycles. The van der Waals surface area contributed by atoms with E-state index in [1.54, 1.807) is 5.57 Å². The zero-order valence-corrected chi connectivity index (χ0v) is 44.3. The third kappa shape index (κ3) is 18.6. The molecule has 7 nitrogen and oxygen atoms in total. The Morgan fingerprint density at radius 2 is 1.43 bits per heavy atom. The van der Waals surface area contributed by atoms with Crippen molar-refractivity contribution >= 4 is 28.9 Å². The van der Waals surface area contributed by atoms with Gasteiger partial charge < -0.3 is 19.3 Å². The van der Waals surface area contributed by atoms with Crippen molar-refractivity contribution in [3.63, 3.8) is 0 Å². The second-order valence-corrected chi connectivity index (χ2v) is 23.6. The monoisotopic (exact) mass is 925 g/mol. The number of hydrogen-bond acceptors (Lipinski definition) is 7. The van der Waals surface area contributed by atoms with Crippen molar-refractivity contribution in [1.82, 2.24) is 9.80 Å². The Morgan fingerprint density at radius 1 is 0.754 bits per heavy atom. The Labute approximate surface area is 404 Å². The zero-order valence-electron chi connectivity index (χ0n) is 43.5. The first kappa shape index (κ1) is 55.8. The summed E-state index contributed by atoms with van der Waals surface area (Å²) in [7, 11) is 4.10. The molecule has 2 unspecified atom stereocenters. The molecule has 374 valence electrons. The number of allylic oxidation sites excluding steroid dienone is 2. The van der Waals surface area contributed by atoms with Crippen LogP contribution >= 0.6 is 11.8 Å². The SMILES string of the molecule is CCCCCC/C=C\COC(=O)CCCCCCCN(CCCCCCCC(=O)O[C@H]1CC[C@@]2(C)C(=CC[C@@H]3C2CC[C@@]2(C)C3CC[C@@H]2[C@H](C)CCCC(C)C)C1)C(=O)SCCN(C)C. The lowest BCUT2D eigenvalue weighted by Crippen LogP contribution is -2.51. The highest BCUT2D eigenvalue weighted by Gasteiger charge is 2.59. The molecule has 0 aromatic rings. The van der Waals surface area contributed by atoms with Crippen molar-refractivity contribution in [2.75, 3.05) is 46.1 Å². The van der Waals surface area contributed by atoms with E-state index in [9.17, 15) is 14.4 Å². The fourth-order valence-electron chi connectivity index (χ4n) is 13.0. The lowest BCUT2D eigenvalue weighted by Gasteiger charge is -2.58. The highest BCUT2D eigenvalue weighted by molar-refractivity contribution is 8.13. The van der Waals surface area contributed by atoms with Crippen LogP contribution in [0.1, 0.15) is 221 Å². The second-order valence-electron chi connectivity index (χ2n) is 22.6. The fraction of sp³-hybridized carbons (Fsp3) is 0.877. The topological polar surface area (TPSA) is 76.1 Å². The molecule has 4 aliphatic rings. The van der Waals surface area contributed by atoms with E-state index in [0.29, 0.717) is 24.9 Å². The third-order valence-electron chi connectivity index (χ3n) is 16.9. The molecule has 4 aliphatic carbocycles. The number of rotatable bonds is 32. The van der Waals surface area contributed by atoms with Gasteiger partial charge in [0.05, 0.1) is 0 Å². The van der Waals surface area contributed by atoms with E-state index in [0.717, 1.165) is 144 Å². The maximum Gasteiger partial charge on any atom is 0.306 e. The van der Waals surface area contributed by atoms with E-state index < -0.39 is 0 Å². The van der Waals surface area contributed by atoms with Gasteiger partial charge in [0.15, 0.2) is 0 Å². The minimum absolute atomic E-state index is 0.0106. The summed E-state index contributed by atoms with van der Waals surface area (Å²) >= 11 is 1.44. The van der Waals surface area contributed by atoms with Gasteiger partial charge in [0.2, 0.25) is 0 Å². The molecule has 8 atom stereocenters. The molecular weight excluding hydrogens is 825 g/mol. The van der Waals surface area contributed by atoms with Gasteiger partial charge in [0, 0.05) is 44.6 Å². The average molecular weight is 926 g/mol. The minimum atomic E-state index is -0.102. The van der Waals surface area contributed by atoms with Gasteiger partial charge in [0.1, 0.15) is 12.7 Å². The smallest absolute Gasteiger partial charge is 0.306 e. The Kier molecular flexibility index (Phi) is 25.7. The Hall–Kier alpha value is -1.80. The van der Waals surface area contributed by atoms with Crippen LogP contribution in [0.5, 0.6) is 0 Å². The van der Waals surface area contributed by atoms with Crippen molar-refractivity contribution in [1.29, 1.82) is 0 Å². The molecule has 0 saturated heterocycles. The predicted octanol–water partition coefficient (Wildman–Crippen LogP) is 15.4. The van der Waals surface area contributed by atoms with Crippen LogP contribution < -0.4 is 0 Å². The number of ether oxygens (including phenoxy) is 2. The van der Waals surface area contributed by atoms with Crippen molar-refractivity contribution in [3.8, 4) is 0 Å². The number of unbranched alkanes of at least 4 members (excludes halogenated alkanes) is 12. The van der Waals surface area contributed by atoms with Crippen molar-refractivity contribution in [3.05, 3.63) is 23.8 Å². The van der Waals surface area contributed by atoms with E-state index in [1.807, 2.05) is 20.2 Å². The van der Waals surface area contributed by atoms with Crippen LogP contribution in [0.25, 0.3) is 0 Å². The van der Waals surface area contributed by atoms with Crippen molar-refractivity contribution in [2.24, 2.45) is 46.3 Å². The molecule has 0 aliphatic heterocycles. The summed E-state index contributed by atoms with van der Waals surface area (Å²) in [6, 6.07) is 0. The van der Waals surface area contributed by atoms with Gasteiger partial charge in [-0.25, -0.2) is 0 Å². The van der Waals surface area contributed by atoms with Crippen molar-refractivity contribution < 1.29 is 23.9 Å². The highest BCUT2D eigenvalue weighted by Crippen LogP contribution is 2.67. The number of nitrogens with zero attached hydrogens (tertiary/aromatic N) is 2.